The maximum atomic E-state index is 15.2. The number of carbonyl (C=O) groups is 1. The van der Waals surface area contributed by atoms with Crippen LogP contribution in [0.4, 0.5) is 10.1 Å². The van der Waals surface area contributed by atoms with E-state index in [-0.39, 0.29) is 23.2 Å². The van der Waals surface area contributed by atoms with Gasteiger partial charge in [-0.3, -0.25) is 14.7 Å². The summed E-state index contributed by atoms with van der Waals surface area (Å²) in [5.41, 5.74) is 5.09. The van der Waals surface area contributed by atoms with E-state index >= 15 is 4.39 Å². The van der Waals surface area contributed by atoms with Crippen LogP contribution in [0.15, 0.2) is 85.1 Å². The average Bonchev–Trinajstić information content (AvgIpc) is 3.49. The van der Waals surface area contributed by atoms with Gasteiger partial charge in [0.15, 0.2) is 16.7 Å². The van der Waals surface area contributed by atoms with Gasteiger partial charge in [-0.05, 0) is 66.3 Å². The maximum absolute atomic E-state index is 15.2. The summed E-state index contributed by atoms with van der Waals surface area (Å²) in [7, 11) is 2.17. The third-order valence-electron chi connectivity index (χ3n) is 7.76. The molecule has 10 heteroatoms. The van der Waals surface area contributed by atoms with Crippen LogP contribution in [0.3, 0.4) is 0 Å². The van der Waals surface area contributed by atoms with E-state index in [0.29, 0.717) is 11.4 Å². The molecule has 0 atom stereocenters. The van der Waals surface area contributed by atoms with Crippen molar-refractivity contribution in [2.24, 2.45) is 0 Å². The number of likely N-dealkylation sites (N-methyl/N-ethyl adjacent to an activating group) is 1. The number of nitrogens with one attached hydrogen (secondary N) is 2. The number of amides is 1. The van der Waals surface area contributed by atoms with Crippen molar-refractivity contribution in [3.8, 4) is 34.3 Å². The van der Waals surface area contributed by atoms with Gasteiger partial charge in [-0.2, -0.15) is 0 Å². The number of terminal acetylenes is 1. The second kappa shape index (κ2) is 14.2. The first-order valence-electron chi connectivity index (χ1n) is 14.9. The monoisotopic (exact) mass is 649 g/mol. The van der Waals surface area contributed by atoms with Crippen molar-refractivity contribution >= 4 is 50.5 Å². The molecule has 1 saturated heterocycles. The van der Waals surface area contributed by atoms with Gasteiger partial charge in [-0.15, -0.1) is 17.8 Å². The number of piperazine rings is 1. The van der Waals surface area contributed by atoms with Gasteiger partial charge in [-0.25, -0.2) is 4.39 Å². The van der Waals surface area contributed by atoms with Crippen LogP contribution in [0.25, 0.3) is 20.7 Å². The fraction of sp³-hybridized carbons (Fsp3) is 0.194. The first-order chi connectivity index (χ1) is 22.3. The van der Waals surface area contributed by atoms with E-state index < -0.39 is 5.82 Å². The fourth-order valence-corrected chi connectivity index (χ4v) is 6.50. The number of ether oxygens (including phenoxy) is 1. The van der Waals surface area contributed by atoms with E-state index in [1.165, 1.54) is 17.7 Å². The van der Waals surface area contributed by atoms with Crippen LogP contribution in [0.5, 0.6) is 11.5 Å². The van der Waals surface area contributed by atoms with Gasteiger partial charge in [0.05, 0.1) is 16.6 Å². The second-order valence-electron chi connectivity index (χ2n) is 11.2. The topological polar surface area (TPSA) is 69.7 Å². The van der Waals surface area contributed by atoms with Crippen LogP contribution in [0.2, 0.25) is 0 Å². The lowest BCUT2D eigenvalue weighted by Gasteiger charge is -2.32. The molecule has 0 saturated carbocycles. The number of nitrogens with zero attached hydrogens (tertiary/aromatic N) is 3. The van der Waals surface area contributed by atoms with Gasteiger partial charge in [0.1, 0.15) is 5.75 Å². The van der Waals surface area contributed by atoms with E-state index in [1.54, 1.807) is 53.9 Å². The lowest BCUT2D eigenvalue weighted by Crippen LogP contribution is -2.43. The average molecular weight is 650 g/mol. The summed E-state index contributed by atoms with van der Waals surface area (Å²) >= 11 is 6.82. The summed E-state index contributed by atoms with van der Waals surface area (Å²) in [6, 6.07) is 24.0. The molecule has 0 spiro atoms. The first-order valence-corrected chi connectivity index (χ1v) is 16.1. The van der Waals surface area contributed by atoms with Crippen molar-refractivity contribution in [3.63, 3.8) is 0 Å². The van der Waals surface area contributed by atoms with Crippen LogP contribution in [0, 0.1) is 18.2 Å². The second-order valence-corrected chi connectivity index (χ2v) is 12.6. The largest absolute Gasteiger partial charge is 0.453 e. The Morgan fingerprint density at radius 3 is 2.46 bits per heavy atom. The molecule has 3 aromatic carbocycles. The summed E-state index contributed by atoms with van der Waals surface area (Å²) in [5, 5.41) is 5.53. The highest BCUT2D eigenvalue weighted by Gasteiger charge is 2.16. The SMILES string of the molecule is C#Cc1ccc(CC(=O)NC(=S)Nc2ccc(Oc3ccnc4cc(-c5ccc(CN6CCN(C)CC6)cc5)sc34)c(F)c2)cc1. The number of carbonyl (C=O) groups excluding carboxylic acids is 1. The number of rotatable bonds is 8. The van der Waals surface area contributed by atoms with Crippen LogP contribution < -0.4 is 15.4 Å². The standard InChI is InChI=1S/C36H32FN5O2S2/c1-3-24-4-6-25(7-5-24)20-34(43)40-36(45)39-28-12-13-31(29(37)21-28)44-32-14-15-38-30-22-33(46-35(30)32)27-10-8-26(9-11-27)23-42-18-16-41(2)17-19-42/h1,4-15,21-22H,16-20,23H2,2H3,(H2,39,40,43,45). The third kappa shape index (κ3) is 7.76. The molecule has 0 aliphatic carbocycles. The van der Waals surface area contributed by atoms with Crippen LogP contribution in [-0.4, -0.2) is 59.0 Å². The molecular formula is C36H32FN5O2S2. The summed E-state index contributed by atoms with van der Waals surface area (Å²) in [4.78, 5) is 22.8. The van der Waals surface area contributed by atoms with Crippen LogP contribution in [-0.2, 0) is 17.8 Å². The van der Waals surface area contributed by atoms with E-state index in [9.17, 15) is 4.79 Å². The fourth-order valence-electron chi connectivity index (χ4n) is 5.19. The smallest absolute Gasteiger partial charge is 0.230 e. The van der Waals surface area contributed by atoms with Crippen LogP contribution >= 0.6 is 23.6 Å². The Hall–Kier alpha value is -4.66. The van der Waals surface area contributed by atoms with Crippen molar-refractivity contribution < 1.29 is 13.9 Å². The summed E-state index contributed by atoms with van der Waals surface area (Å²) in [6.45, 7) is 5.31. The molecule has 0 bridgehead atoms. The molecule has 3 heterocycles. The van der Waals surface area contributed by atoms with Gasteiger partial charge >= 0.3 is 0 Å². The minimum atomic E-state index is -0.578. The molecule has 1 aliphatic heterocycles. The maximum Gasteiger partial charge on any atom is 0.230 e. The number of pyridine rings is 1. The summed E-state index contributed by atoms with van der Waals surface area (Å²) in [6.07, 6.45) is 7.16. The molecule has 0 radical (unpaired) electrons. The number of fused-ring (bicyclic) bond motifs is 1. The zero-order valence-electron chi connectivity index (χ0n) is 25.3. The lowest BCUT2D eigenvalue weighted by atomic mass is 10.1. The van der Waals surface area contributed by atoms with Crippen molar-refractivity contribution in [1.82, 2.24) is 20.1 Å². The lowest BCUT2D eigenvalue weighted by molar-refractivity contribution is -0.119. The number of hydrogen-bond donors (Lipinski definition) is 2. The minimum absolute atomic E-state index is 0.0617. The first kappa shape index (κ1) is 31.3. The predicted molar refractivity (Wildman–Crippen MR) is 187 cm³/mol. The molecule has 1 aliphatic rings. The van der Waals surface area contributed by atoms with Crippen molar-refractivity contribution in [3.05, 3.63) is 108 Å². The Balaban J connectivity index is 1.08. The number of benzene rings is 3. The molecule has 6 rings (SSSR count). The van der Waals surface area contributed by atoms with E-state index in [4.69, 9.17) is 23.4 Å². The van der Waals surface area contributed by atoms with Crippen molar-refractivity contribution in [2.75, 3.05) is 38.5 Å². The zero-order valence-corrected chi connectivity index (χ0v) is 26.9. The number of thiocarbonyl (C=S) groups is 1. The highest BCUT2D eigenvalue weighted by Crippen LogP contribution is 2.40. The number of aromatic nitrogens is 1. The molecule has 5 aromatic rings. The van der Waals surface area contributed by atoms with E-state index in [1.807, 2.05) is 6.07 Å². The number of anilines is 1. The predicted octanol–water partition coefficient (Wildman–Crippen LogP) is 6.68. The molecule has 232 valence electrons. The Kier molecular flexibility index (Phi) is 9.66. The Labute approximate surface area is 277 Å². The number of halogens is 1. The number of thiophene rings is 1. The molecule has 46 heavy (non-hydrogen) atoms. The normalized spacial score (nSPS) is 13.7. The van der Waals surface area contributed by atoms with E-state index in [2.05, 4.69) is 62.7 Å². The quantitative estimate of drug-likeness (QED) is 0.144. The van der Waals surface area contributed by atoms with E-state index in [0.717, 1.165) is 64.5 Å². The summed E-state index contributed by atoms with van der Waals surface area (Å²) < 4.78 is 22.0. The highest BCUT2D eigenvalue weighted by atomic mass is 32.1. The Morgan fingerprint density at radius 1 is 1.00 bits per heavy atom. The molecular weight excluding hydrogens is 618 g/mol. The Morgan fingerprint density at radius 2 is 1.74 bits per heavy atom. The minimum Gasteiger partial charge on any atom is -0.453 e. The van der Waals surface area contributed by atoms with Gasteiger partial charge in [-0.1, -0.05) is 42.3 Å². The molecule has 0 unspecified atom stereocenters. The zero-order chi connectivity index (χ0) is 32.0. The van der Waals surface area contributed by atoms with Gasteiger partial charge in [0.2, 0.25) is 5.91 Å². The molecule has 7 nitrogen and oxygen atoms in total. The van der Waals surface area contributed by atoms with Crippen molar-refractivity contribution in [1.29, 1.82) is 0 Å². The molecule has 2 aromatic heterocycles. The molecule has 1 fully saturated rings. The van der Waals surface area contributed by atoms with Gasteiger partial charge < -0.3 is 20.3 Å². The molecule has 2 N–H and O–H groups in total. The Bertz CT molecular complexity index is 1910. The van der Waals surface area contributed by atoms with Gasteiger partial charge in [0, 0.05) is 67.2 Å². The highest BCUT2D eigenvalue weighted by molar-refractivity contribution is 7.80. The number of hydrogen-bond acceptors (Lipinski definition) is 7. The van der Waals surface area contributed by atoms with Gasteiger partial charge in [0.25, 0.3) is 0 Å². The van der Waals surface area contributed by atoms with Crippen LogP contribution in [0.1, 0.15) is 16.7 Å². The summed E-state index contributed by atoms with van der Waals surface area (Å²) in [5.74, 6) is 2.24. The third-order valence-corrected chi connectivity index (χ3v) is 9.16. The molecule has 1 amide bonds. The van der Waals surface area contributed by atoms with Crippen molar-refractivity contribution in [2.45, 2.75) is 13.0 Å².